The van der Waals surface area contributed by atoms with Crippen molar-refractivity contribution >= 4 is 32.5 Å². The van der Waals surface area contributed by atoms with E-state index in [9.17, 15) is 13.2 Å². The number of para-hydroxylation sites is 1. The molecule has 0 radical (unpaired) electrons. The van der Waals surface area contributed by atoms with E-state index in [-0.39, 0.29) is 11.3 Å². The highest BCUT2D eigenvalue weighted by atomic mass is 32.2. The van der Waals surface area contributed by atoms with E-state index in [4.69, 9.17) is 9.47 Å². The van der Waals surface area contributed by atoms with Gasteiger partial charge in [-0.15, -0.1) is 0 Å². The van der Waals surface area contributed by atoms with Crippen LogP contribution in [-0.2, 0) is 21.2 Å². The van der Waals surface area contributed by atoms with Crippen molar-refractivity contribution in [3.8, 4) is 11.5 Å². The Morgan fingerprint density at radius 2 is 1.66 bits per heavy atom. The molecule has 1 atom stereocenters. The summed E-state index contributed by atoms with van der Waals surface area (Å²) in [5.74, 6) is 0.431. The van der Waals surface area contributed by atoms with Crippen molar-refractivity contribution in [2.24, 2.45) is 0 Å². The molecule has 4 rings (SSSR count). The summed E-state index contributed by atoms with van der Waals surface area (Å²) in [6, 6.07) is 21.5. The van der Waals surface area contributed by atoms with Gasteiger partial charge in [0.05, 0.1) is 19.7 Å². The predicted octanol–water partition coefficient (Wildman–Crippen LogP) is 3.78. The molecule has 0 saturated heterocycles. The zero-order valence-corrected chi connectivity index (χ0v) is 20.1. The second kappa shape index (κ2) is 10.5. The second-order valence-electron chi connectivity index (χ2n) is 7.75. The normalized spacial score (nSPS) is 12.2. The van der Waals surface area contributed by atoms with Crippen LogP contribution in [0.25, 0.3) is 10.9 Å². The third kappa shape index (κ3) is 5.59. The number of hydrogen-bond donors (Lipinski definition) is 2. The third-order valence-corrected chi connectivity index (χ3v) is 6.94. The zero-order chi connectivity index (χ0) is 24.8. The molecule has 0 aliphatic carbocycles. The molecule has 0 spiro atoms. The quantitative estimate of drug-likeness (QED) is 0.369. The zero-order valence-electron chi connectivity index (χ0n) is 19.3. The molecule has 9 heteroatoms. The summed E-state index contributed by atoms with van der Waals surface area (Å²) in [5.41, 5.74) is 1.58. The van der Waals surface area contributed by atoms with Crippen LogP contribution in [0.3, 0.4) is 0 Å². The molecule has 0 aliphatic rings. The Bertz CT molecular complexity index is 1440. The molecule has 0 bridgehead atoms. The van der Waals surface area contributed by atoms with E-state index in [0.717, 1.165) is 5.56 Å². The van der Waals surface area contributed by atoms with E-state index in [1.807, 2.05) is 30.3 Å². The molecule has 0 fully saturated rings. The van der Waals surface area contributed by atoms with E-state index in [0.29, 0.717) is 28.1 Å². The van der Waals surface area contributed by atoms with Crippen LogP contribution in [0, 0.1) is 0 Å². The monoisotopic (exact) mass is 491 g/mol. The molecule has 0 saturated carbocycles. The minimum absolute atomic E-state index is 0.00702. The standard InChI is InChI=1S/C26H25N3O5S/c1-33-22-14-13-20(17-23(22)34-2)28-26(30)21(16-18-8-4-3-5-9-18)29-35(31,32)24-12-6-10-19-11-7-15-27-25(19)24/h3-15,17,21,29H,16H2,1-2H3,(H,28,30). The van der Waals surface area contributed by atoms with Gasteiger partial charge < -0.3 is 14.8 Å². The molecular formula is C26H25N3O5S. The number of nitrogens with one attached hydrogen (secondary N) is 2. The van der Waals surface area contributed by atoms with Crippen LogP contribution in [0.15, 0.2) is 90.0 Å². The van der Waals surface area contributed by atoms with Gasteiger partial charge in [-0.1, -0.05) is 48.5 Å². The fourth-order valence-electron chi connectivity index (χ4n) is 3.72. The minimum Gasteiger partial charge on any atom is -0.493 e. The van der Waals surface area contributed by atoms with E-state index < -0.39 is 22.0 Å². The van der Waals surface area contributed by atoms with Crippen molar-refractivity contribution in [1.82, 2.24) is 9.71 Å². The number of sulfonamides is 1. The Kier molecular flexibility index (Phi) is 7.28. The number of anilines is 1. The van der Waals surface area contributed by atoms with Crippen molar-refractivity contribution in [2.75, 3.05) is 19.5 Å². The molecule has 0 aliphatic heterocycles. The lowest BCUT2D eigenvalue weighted by Crippen LogP contribution is -2.45. The van der Waals surface area contributed by atoms with Crippen molar-refractivity contribution in [3.05, 3.63) is 90.6 Å². The van der Waals surface area contributed by atoms with Crippen molar-refractivity contribution in [2.45, 2.75) is 17.4 Å². The number of carbonyl (C=O) groups is 1. The van der Waals surface area contributed by atoms with Gasteiger partial charge in [-0.05, 0) is 36.2 Å². The average molecular weight is 492 g/mol. The molecule has 1 amide bonds. The first-order valence-electron chi connectivity index (χ1n) is 10.8. The predicted molar refractivity (Wildman–Crippen MR) is 134 cm³/mol. The van der Waals surface area contributed by atoms with Gasteiger partial charge in [0.1, 0.15) is 10.9 Å². The summed E-state index contributed by atoms with van der Waals surface area (Å²) in [4.78, 5) is 17.6. The lowest BCUT2D eigenvalue weighted by Gasteiger charge is -2.20. The Hall–Kier alpha value is -3.95. The molecule has 1 heterocycles. The molecule has 35 heavy (non-hydrogen) atoms. The van der Waals surface area contributed by atoms with Crippen LogP contribution in [0.5, 0.6) is 11.5 Å². The smallest absolute Gasteiger partial charge is 0.243 e. The van der Waals surface area contributed by atoms with Gasteiger partial charge in [-0.3, -0.25) is 9.78 Å². The number of ether oxygens (including phenoxy) is 2. The Morgan fingerprint density at radius 3 is 2.40 bits per heavy atom. The van der Waals surface area contributed by atoms with Crippen molar-refractivity contribution < 1.29 is 22.7 Å². The number of benzene rings is 3. The molecular weight excluding hydrogens is 466 g/mol. The first kappa shape index (κ1) is 24.2. The third-order valence-electron chi connectivity index (χ3n) is 5.43. The highest BCUT2D eigenvalue weighted by Crippen LogP contribution is 2.30. The Balaban J connectivity index is 1.65. The number of rotatable bonds is 9. The summed E-state index contributed by atoms with van der Waals surface area (Å²) < 4.78 is 40.0. The van der Waals surface area contributed by atoms with Gasteiger partial charge in [0.25, 0.3) is 0 Å². The number of methoxy groups -OCH3 is 2. The van der Waals surface area contributed by atoms with Gasteiger partial charge in [0.15, 0.2) is 11.5 Å². The van der Waals surface area contributed by atoms with Gasteiger partial charge in [0, 0.05) is 23.3 Å². The first-order valence-corrected chi connectivity index (χ1v) is 12.3. The number of carbonyl (C=O) groups excluding carboxylic acids is 1. The van der Waals surface area contributed by atoms with Crippen molar-refractivity contribution in [1.29, 1.82) is 0 Å². The molecule has 1 unspecified atom stereocenters. The summed E-state index contributed by atoms with van der Waals surface area (Å²) >= 11 is 0. The Labute approximate surface area is 204 Å². The molecule has 3 aromatic carbocycles. The van der Waals surface area contributed by atoms with Crippen molar-refractivity contribution in [3.63, 3.8) is 0 Å². The maximum atomic E-state index is 13.4. The van der Waals surface area contributed by atoms with Crippen LogP contribution in [0.1, 0.15) is 5.56 Å². The number of amides is 1. The SMILES string of the molecule is COc1ccc(NC(=O)C(Cc2ccccc2)NS(=O)(=O)c2cccc3cccnc23)cc1OC. The highest BCUT2D eigenvalue weighted by molar-refractivity contribution is 7.89. The highest BCUT2D eigenvalue weighted by Gasteiger charge is 2.28. The number of pyridine rings is 1. The van der Waals surface area contributed by atoms with Gasteiger partial charge in [-0.2, -0.15) is 4.72 Å². The van der Waals surface area contributed by atoms with Crippen LogP contribution >= 0.6 is 0 Å². The Morgan fingerprint density at radius 1 is 0.914 bits per heavy atom. The van der Waals surface area contributed by atoms with E-state index in [1.54, 1.807) is 42.5 Å². The maximum Gasteiger partial charge on any atom is 0.243 e. The molecule has 180 valence electrons. The lowest BCUT2D eigenvalue weighted by atomic mass is 10.1. The molecule has 2 N–H and O–H groups in total. The number of nitrogens with zero attached hydrogens (tertiary/aromatic N) is 1. The molecule has 1 aromatic heterocycles. The largest absolute Gasteiger partial charge is 0.493 e. The fraction of sp³-hybridized carbons (Fsp3) is 0.154. The van der Waals surface area contributed by atoms with E-state index in [1.165, 1.54) is 26.5 Å². The lowest BCUT2D eigenvalue weighted by molar-refractivity contribution is -0.117. The topological polar surface area (TPSA) is 107 Å². The van der Waals surface area contributed by atoms with Crippen LogP contribution in [0.2, 0.25) is 0 Å². The van der Waals surface area contributed by atoms with E-state index >= 15 is 0 Å². The molecule has 8 nitrogen and oxygen atoms in total. The summed E-state index contributed by atoms with van der Waals surface area (Å²) in [7, 11) is -1.07. The second-order valence-corrected chi connectivity index (χ2v) is 9.44. The van der Waals surface area contributed by atoms with Gasteiger partial charge in [0.2, 0.25) is 15.9 Å². The maximum absolute atomic E-state index is 13.4. The number of aromatic nitrogens is 1. The summed E-state index contributed by atoms with van der Waals surface area (Å²) in [5, 5.41) is 3.47. The van der Waals surface area contributed by atoms with Gasteiger partial charge >= 0.3 is 0 Å². The summed E-state index contributed by atoms with van der Waals surface area (Å²) in [6.45, 7) is 0. The van der Waals surface area contributed by atoms with Crippen LogP contribution in [0.4, 0.5) is 5.69 Å². The van der Waals surface area contributed by atoms with Gasteiger partial charge in [-0.25, -0.2) is 8.42 Å². The molecule has 4 aromatic rings. The fourth-order valence-corrected chi connectivity index (χ4v) is 5.10. The first-order chi connectivity index (χ1) is 16.9. The number of hydrogen-bond acceptors (Lipinski definition) is 6. The van der Waals surface area contributed by atoms with Crippen LogP contribution in [-0.4, -0.2) is 39.6 Å². The average Bonchev–Trinajstić information content (AvgIpc) is 2.88. The minimum atomic E-state index is -4.09. The van der Waals surface area contributed by atoms with E-state index in [2.05, 4.69) is 15.0 Å². The summed E-state index contributed by atoms with van der Waals surface area (Å²) in [6.07, 6.45) is 1.68. The van der Waals surface area contributed by atoms with Crippen LogP contribution < -0.4 is 19.5 Å². The number of fused-ring (bicyclic) bond motifs is 1.